The van der Waals surface area contributed by atoms with Gasteiger partial charge in [-0.05, 0) is 46.3 Å². The van der Waals surface area contributed by atoms with Crippen LogP contribution in [-0.2, 0) is 4.74 Å². The van der Waals surface area contributed by atoms with Crippen molar-refractivity contribution in [3.05, 3.63) is 11.6 Å². The molecule has 1 saturated heterocycles. The molecule has 0 aliphatic carbocycles. The Kier molecular flexibility index (Phi) is 2.84. The first-order valence-electron chi connectivity index (χ1n) is 4.77. The molecule has 2 nitrogen and oxygen atoms in total. The Balaban J connectivity index is 1.98. The average molecular weight is 244 g/mol. The van der Waals surface area contributed by atoms with Crippen LogP contribution in [0.4, 0.5) is 0 Å². The summed E-state index contributed by atoms with van der Waals surface area (Å²) in [4.78, 5) is 4.28. The number of hydrogen-bond donors (Lipinski definition) is 0. The Morgan fingerprint density at radius 3 is 3.08 bits per heavy atom. The van der Waals surface area contributed by atoms with Crippen LogP contribution in [0.15, 0.2) is 16.6 Å². The zero-order valence-corrected chi connectivity index (χ0v) is 9.38. The lowest BCUT2D eigenvalue weighted by molar-refractivity contribution is 0.0169. The molecule has 0 amide bonds. The minimum absolute atomic E-state index is 0.322. The summed E-state index contributed by atoms with van der Waals surface area (Å²) in [7, 11) is 0. The summed E-state index contributed by atoms with van der Waals surface area (Å²) in [6.07, 6.45) is 4.78. The van der Waals surface area contributed by atoms with Gasteiger partial charge in [-0.25, -0.2) is 0 Å². The van der Waals surface area contributed by atoms with Gasteiger partial charge in [-0.1, -0.05) is 6.92 Å². The lowest BCUT2D eigenvalue weighted by Crippen LogP contribution is -2.26. The number of allylic oxidation sites excluding steroid dienone is 1. The van der Waals surface area contributed by atoms with Gasteiger partial charge in [0.25, 0.3) is 0 Å². The van der Waals surface area contributed by atoms with E-state index in [1.54, 1.807) is 0 Å². The summed E-state index contributed by atoms with van der Waals surface area (Å²) in [5.74, 6) is 0.791. The molecule has 2 unspecified atom stereocenters. The Bertz CT molecular complexity index is 260. The van der Waals surface area contributed by atoms with Crippen LogP contribution in [0.25, 0.3) is 0 Å². The molecule has 2 heterocycles. The van der Waals surface area contributed by atoms with Crippen LogP contribution in [0.3, 0.4) is 0 Å². The summed E-state index contributed by atoms with van der Waals surface area (Å²) in [5.41, 5.74) is 1.33. The van der Waals surface area contributed by atoms with Crippen molar-refractivity contribution in [2.24, 2.45) is 10.9 Å². The second kappa shape index (κ2) is 3.93. The van der Waals surface area contributed by atoms with Gasteiger partial charge < -0.3 is 4.74 Å². The summed E-state index contributed by atoms with van der Waals surface area (Å²) in [5, 5.41) is 0. The molecule has 1 fully saturated rings. The minimum atomic E-state index is 0.322. The third-order valence-electron chi connectivity index (χ3n) is 2.68. The van der Waals surface area contributed by atoms with Crippen molar-refractivity contribution in [2.75, 3.05) is 13.2 Å². The monoisotopic (exact) mass is 243 g/mol. The molecule has 0 radical (unpaired) electrons. The molecule has 0 bridgehead atoms. The Labute approximate surface area is 87.2 Å². The number of nitrogens with zero attached hydrogens (tertiary/aromatic N) is 1. The van der Waals surface area contributed by atoms with Gasteiger partial charge >= 0.3 is 0 Å². The molecule has 13 heavy (non-hydrogen) atoms. The molecule has 2 aliphatic heterocycles. The molecule has 72 valence electrons. The van der Waals surface area contributed by atoms with Gasteiger partial charge in [0.1, 0.15) is 4.62 Å². The van der Waals surface area contributed by atoms with Gasteiger partial charge in [0, 0.05) is 6.61 Å². The van der Waals surface area contributed by atoms with Crippen LogP contribution in [0.5, 0.6) is 0 Å². The lowest BCUT2D eigenvalue weighted by atomic mass is 9.93. The standard InChI is InChI=1S/C10H14BrNO/c1-7-2-3-13-9(4-7)8-5-10(11)12-6-8/h5,7,9H,2-4,6H2,1H3. The zero-order chi connectivity index (χ0) is 9.26. The Morgan fingerprint density at radius 2 is 2.46 bits per heavy atom. The number of halogens is 1. The van der Waals surface area contributed by atoms with Crippen molar-refractivity contribution >= 4 is 20.6 Å². The molecule has 2 rings (SSSR count). The first-order valence-corrected chi connectivity index (χ1v) is 5.57. The summed E-state index contributed by atoms with van der Waals surface area (Å²) >= 11 is 3.38. The fourth-order valence-electron chi connectivity index (χ4n) is 1.83. The van der Waals surface area contributed by atoms with Gasteiger partial charge in [0.05, 0.1) is 12.6 Å². The molecular formula is C10H14BrNO. The maximum atomic E-state index is 5.72. The topological polar surface area (TPSA) is 21.6 Å². The van der Waals surface area contributed by atoms with Crippen molar-refractivity contribution in [2.45, 2.75) is 25.9 Å². The van der Waals surface area contributed by atoms with Crippen molar-refractivity contribution in [1.82, 2.24) is 0 Å². The van der Waals surface area contributed by atoms with E-state index < -0.39 is 0 Å². The van der Waals surface area contributed by atoms with Crippen molar-refractivity contribution in [1.29, 1.82) is 0 Å². The maximum Gasteiger partial charge on any atom is 0.101 e. The van der Waals surface area contributed by atoms with Crippen LogP contribution >= 0.6 is 15.9 Å². The first-order chi connectivity index (χ1) is 6.25. The molecule has 0 saturated carbocycles. The number of aliphatic imine (C=N–C) groups is 1. The van der Waals surface area contributed by atoms with Crippen LogP contribution in [0.1, 0.15) is 19.8 Å². The van der Waals surface area contributed by atoms with Crippen molar-refractivity contribution < 1.29 is 4.74 Å². The quantitative estimate of drug-likeness (QED) is 0.694. The van der Waals surface area contributed by atoms with E-state index in [1.807, 2.05) is 0 Å². The second-order valence-corrected chi connectivity index (χ2v) is 4.66. The van der Waals surface area contributed by atoms with Gasteiger partial charge in [-0.15, -0.1) is 0 Å². The molecule has 0 N–H and O–H groups in total. The number of rotatable bonds is 1. The van der Waals surface area contributed by atoms with E-state index in [9.17, 15) is 0 Å². The third kappa shape index (κ3) is 2.20. The minimum Gasteiger partial charge on any atom is -0.374 e. The fourth-order valence-corrected chi connectivity index (χ4v) is 2.25. The SMILES string of the molecule is CC1CCOC(C2=CC(Br)=NC2)C1. The first kappa shape index (κ1) is 9.41. The zero-order valence-electron chi connectivity index (χ0n) is 7.79. The van der Waals surface area contributed by atoms with Crippen LogP contribution < -0.4 is 0 Å². The van der Waals surface area contributed by atoms with Gasteiger partial charge in [0.2, 0.25) is 0 Å². The summed E-state index contributed by atoms with van der Waals surface area (Å²) in [6.45, 7) is 4.01. The summed E-state index contributed by atoms with van der Waals surface area (Å²) < 4.78 is 6.68. The summed E-state index contributed by atoms with van der Waals surface area (Å²) in [6, 6.07) is 0. The van der Waals surface area contributed by atoms with Crippen molar-refractivity contribution in [3.63, 3.8) is 0 Å². The van der Waals surface area contributed by atoms with Gasteiger partial charge in [-0.3, -0.25) is 4.99 Å². The predicted molar refractivity (Wildman–Crippen MR) is 57.5 cm³/mol. The highest BCUT2D eigenvalue weighted by atomic mass is 79.9. The highest BCUT2D eigenvalue weighted by Gasteiger charge is 2.24. The maximum absolute atomic E-state index is 5.72. The average Bonchev–Trinajstić information content (AvgIpc) is 2.52. The van der Waals surface area contributed by atoms with Crippen LogP contribution in [0.2, 0.25) is 0 Å². The van der Waals surface area contributed by atoms with Crippen LogP contribution in [0, 0.1) is 5.92 Å². The van der Waals surface area contributed by atoms with E-state index >= 15 is 0 Å². The van der Waals surface area contributed by atoms with E-state index in [0.29, 0.717) is 6.10 Å². The third-order valence-corrected chi connectivity index (χ3v) is 3.16. The lowest BCUT2D eigenvalue weighted by Gasteiger charge is -2.27. The number of hydrogen-bond acceptors (Lipinski definition) is 2. The Morgan fingerprint density at radius 1 is 1.62 bits per heavy atom. The molecule has 2 aliphatic rings. The Hall–Kier alpha value is -0.150. The fraction of sp³-hybridized carbons (Fsp3) is 0.700. The van der Waals surface area contributed by atoms with E-state index in [-0.39, 0.29) is 0 Å². The molecule has 3 heteroatoms. The van der Waals surface area contributed by atoms with Crippen LogP contribution in [-0.4, -0.2) is 23.9 Å². The second-order valence-electron chi connectivity index (χ2n) is 3.85. The van der Waals surface area contributed by atoms with Gasteiger partial charge in [0.15, 0.2) is 0 Å². The smallest absolute Gasteiger partial charge is 0.101 e. The largest absolute Gasteiger partial charge is 0.374 e. The molecular weight excluding hydrogens is 230 g/mol. The number of ether oxygens (including phenoxy) is 1. The predicted octanol–water partition coefficient (Wildman–Crippen LogP) is 2.53. The van der Waals surface area contributed by atoms with E-state index in [0.717, 1.165) is 30.1 Å². The molecule has 0 aromatic rings. The molecule has 0 aromatic heterocycles. The van der Waals surface area contributed by atoms with Crippen molar-refractivity contribution in [3.8, 4) is 0 Å². The van der Waals surface area contributed by atoms with E-state index in [2.05, 4.69) is 33.9 Å². The van der Waals surface area contributed by atoms with E-state index in [1.165, 1.54) is 12.0 Å². The highest BCUT2D eigenvalue weighted by Crippen LogP contribution is 2.26. The van der Waals surface area contributed by atoms with Gasteiger partial charge in [-0.2, -0.15) is 0 Å². The highest BCUT2D eigenvalue weighted by molar-refractivity contribution is 9.18. The molecule has 0 spiro atoms. The molecule has 0 aromatic carbocycles. The molecule has 2 atom stereocenters. The normalized spacial score (nSPS) is 34.3. The van der Waals surface area contributed by atoms with E-state index in [4.69, 9.17) is 4.74 Å².